The molecule has 0 aromatic heterocycles. The number of rotatable bonds is 8. The van der Waals surface area contributed by atoms with Crippen LogP contribution in [0.2, 0.25) is 0 Å². The topological polar surface area (TPSA) is 30.5 Å². The second kappa shape index (κ2) is 8.15. The van der Waals surface area contributed by atoms with E-state index in [0.29, 0.717) is 12.0 Å². The van der Waals surface area contributed by atoms with E-state index >= 15 is 0 Å². The SMILES string of the molecule is COc1ccc(CC(C)NCC(C)C(C)C)cc1OC. The average molecular weight is 279 g/mol. The van der Waals surface area contributed by atoms with Crippen LogP contribution in [0.25, 0.3) is 0 Å². The molecule has 114 valence electrons. The lowest BCUT2D eigenvalue weighted by atomic mass is 9.97. The highest BCUT2D eigenvalue weighted by atomic mass is 16.5. The van der Waals surface area contributed by atoms with E-state index in [1.165, 1.54) is 5.56 Å². The van der Waals surface area contributed by atoms with Gasteiger partial charge in [-0.1, -0.05) is 26.8 Å². The highest BCUT2D eigenvalue weighted by Crippen LogP contribution is 2.27. The molecule has 2 atom stereocenters. The molecule has 0 bridgehead atoms. The Kier molecular flexibility index (Phi) is 6.86. The molecule has 0 saturated heterocycles. The summed E-state index contributed by atoms with van der Waals surface area (Å²) < 4.78 is 10.6. The van der Waals surface area contributed by atoms with Crippen LogP contribution in [-0.2, 0) is 6.42 Å². The normalized spacial score (nSPS) is 14.2. The summed E-state index contributed by atoms with van der Waals surface area (Å²) in [5.74, 6) is 3.00. The zero-order valence-electron chi connectivity index (χ0n) is 13.7. The maximum atomic E-state index is 5.34. The first-order chi connectivity index (χ1) is 9.47. The number of nitrogens with one attached hydrogen (secondary N) is 1. The zero-order valence-corrected chi connectivity index (χ0v) is 13.7. The molecule has 0 heterocycles. The molecule has 20 heavy (non-hydrogen) atoms. The zero-order chi connectivity index (χ0) is 15.1. The van der Waals surface area contributed by atoms with Crippen molar-refractivity contribution >= 4 is 0 Å². The van der Waals surface area contributed by atoms with Crippen LogP contribution in [0.3, 0.4) is 0 Å². The number of benzene rings is 1. The van der Waals surface area contributed by atoms with Crippen LogP contribution in [0.5, 0.6) is 11.5 Å². The molecule has 0 fully saturated rings. The van der Waals surface area contributed by atoms with Crippen LogP contribution >= 0.6 is 0 Å². The minimum absolute atomic E-state index is 0.453. The Morgan fingerprint density at radius 2 is 1.65 bits per heavy atom. The summed E-state index contributed by atoms with van der Waals surface area (Å²) in [6, 6.07) is 6.58. The van der Waals surface area contributed by atoms with Crippen molar-refractivity contribution in [3.63, 3.8) is 0 Å². The molecular weight excluding hydrogens is 250 g/mol. The smallest absolute Gasteiger partial charge is 0.160 e. The number of methoxy groups -OCH3 is 2. The lowest BCUT2D eigenvalue weighted by Crippen LogP contribution is -2.33. The molecule has 0 saturated carbocycles. The molecule has 0 aliphatic heterocycles. The van der Waals surface area contributed by atoms with Crippen molar-refractivity contribution in [2.24, 2.45) is 11.8 Å². The minimum Gasteiger partial charge on any atom is -0.493 e. The van der Waals surface area contributed by atoms with Crippen molar-refractivity contribution in [1.82, 2.24) is 5.32 Å². The summed E-state index contributed by atoms with van der Waals surface area (Å²) in [6.07, 6.45) is 0.991. The first-order valence-corrected chi connectivity index (χ1v) is 7.42. The molecule has 0 spiro atoms. The van der Waals surface area contributed by atoms with Gasteiger partial charge in [0.15, 0.2) is 11.5 Å². The average Bonchev–Trinajstić information content (AvgIpc) is 2.44. The van der Waals surface area contributed by atoms with Gasteiger partial charge in [0.25, 0.3) is 0 Å². The molecule has 1 N–H and O–H groups in total. The van der Waals surface area contributed by atoms with Gasteiger partial charge in [0.1, 0.15) is 0 Å². The van der Waals surface area contributed by atoms with E-state index < -0.39 is 0 Å². The van der Waals surface area contributed by atoms with E-state index in [1.807, 2.05) is 6.07 Å². The summed E-state index contributed by atoms with van der Waals surface area (Å²) in [7, 11) is 3.34. The van der Waals surface area contributed by atoms with Gasteiger partial charge < -0.3 is 14.8 Å². The van der Waals surface area contributed by atoms with Gasteiger partial charge in [-0.15, -0.1) is 0 Å². The van der Waals surface area contributed by atoms with Gasteiger partial charge in [-0.25, -0.2) is 0 Å². The van der Waals surface area contributed by atoms with Crippen LogP contribution in [0.15, 0.2) is 18.2 Å². The molecule has 1 aromatic rings. The second-order valence-electron chi connectivity index (χ2n) is 5.92. The van der Waals surface area contributed by atoms with E-state index in [1.54, 1.807) is 14.2 Å². The van der Waals surface area contributed by atoms with Gasteiger partial charge in [0.05, 0.1) is 14.2 Å². The fourth-order valence-electron chi connectivity index (χ4n) is 2.06. The molecule has 3 nitrogen and oxygen atoms in total. The summed E-state index contributed by atoms with van der Waals surface area (Å²) in [5.41, 5.74) is 1.26. The summed E-state index contributed by atoms with van der Waals surface area (Å²) in [4.78, 5) is 0. The number of ether oxygens (including phenoxy) is 2. The quantitative estimate of drug-likeness (QED) is 0.790. The summed E-state index contributed by atoms with van der Waals surface area (Å²) in [5, 5.41) is 3.61. The van der Waals surface area contributed by atoms with Crippen LogP contribution in [0.1, 0.15) is 33.3 Å². The van der Waals surface area contributed by atoms with E-state index in [0.717, 1.165) is 30.4 Å². The van der Waals surface area contributed by atoms with E-state index in [-0.39, 0.29) is 0 Å². The molecule has 3 heteroatoms. The summed E-state index contributed by atoms with van der Waals surface area (Å²) in [6.45, 7) is 10.1. The Morgan fingerprint density at radius 1 is 1.00 bits per heavy atom. The standard InChI is InChI=1S/C17H29NO2/c1-12(2)13(3)11-18-14(4)9-15-7-8-16(19-5)17(10-15)20-6/h7-8,10,12-14,18H,9,11H2,1-6H3. The van der Waals surface area contributed by atoms with Crippen LogP contribution in [0.4, 0.5) is 0 Å². The predicted molar refractivity (Wildman–Crippen MR) is 84.7 cm³/mol. The molecule has 1 aromatic carbocycles. The van der Waals surface area contributed by atoms with E-state index in [2.05, 4.69) is 45.1 Å². The largest absolute Gasteiger partial charge is 0.493 e. The Morgan fingerprint density at radius 3 is 2.20 bits per heavy atom. The van der Waals surface area contributed by atoms with E-state index in [9.17, 15) is 0 Å². The first kappa shape index (κ1) is 16.8. The van der Waals surface area contributed by atoms with Crippen LogP contribution in [0, 0.1) is 11.8 Å². The van der Waals surface area contributed by atoms with Gasteiger partial charge >= 0.3 is 0 Å². The van der Waals surface area contributed by atoms with E-state index in [4.69, 9.17) is 9.47 Å². The monoisotopic (exact) mass is 279 g/mol. The Balaban J connectivity index is 2.55. The maximum absolute atomic E-state index is 5.34. The van der Waals surface area contributed by atoms with Gasteiger partial charge in [0.2, 0.25) is 0 Å². The van der Waals surface area contributed by atoms with Gasteiger partial charge in [-0.3, -0.25) is 0 Å². The highest BCUT2D eigenvalue weighted by Gasteiger charge is 2.11. The van der Waals surface area contributed by atoms with Crippen molar-refractivity contribution in [2.45, 2.75) is 40.2 Å². The molecule has 0 aliphatic rings. The van der Waals surface area contributed by atoms with Crippen molar-refractivity contribution < 1.29 is 9.47 Å². The highest BCUT2D eigenvalue weighted by molar-refractivity contribution is 5.43. The first-order valence-electron chi connectivity index (χ1n) is 7.42. The number of hydrogen-bond donors (Lipinski definition) is 1. The third-order valence-electron chi connectivity index (χ3n) is 3.92. The van der Waals surface area contributed by atoms with Crippen molar-refractivity contribution in [3.05, 3.63) is 23.8 Å². The lowest BCUT2D eigenvalue weighted by Gasteiger charge is -2.20. The fourth-order valence-corrected chi connectivity index (χ4v) is 2.06. The molecule has 1 rings (SSSR count). The third kappa shape index (κ3) is 5.04. The molecule has 2 unspecified atom stereocenters. The molecule has 0 amide bonds. The Bertz CT molecular complexity index is 404. The molecule has 0 radical (unpaired) electrons. The lowest BCUT2D eigenvalue weighted by molar-refractivity contribution is 0.353. The fraction of sp³-hybridized carbons (Fsp3) is 0.647. The van der Waals surface area contributed by atoms with Crippen molar-refractivity contribution in [3.8, 4) is 11.5 Å². The van der Waals surface area contributed by atoms with Crippen LogP contribution < -0.4 is 14.8 Å². The van der Waals surface area contributed by atoms with Gasteiger partial charge in [-0.2, -0.15) is 0 Å². The number of hydrogen-bond acceptors (Lipinski definition) is 3. The molecule has 0 aliphatic carbocycles. The maximum Gasteiger partial charge on any atom is 0.160 e. The second-order valence-corrected chi connectivity index (χ2v) is 5.92. The van der Waals surface area contributed by atoms with Crippen LogP contribution in [-0.4, -0.2) is 26.8 Å². The van der Waals surface area contributed by atoms with Crippen molar-refractivity contribution in [1.29, 1.82) is 0 Å². The van der Waals surface area contributed by atoms with Gasteiger partial charge in [-0.05, 0) is 49.4 Å². The van der Waals surface area contributed by atoms with Gasteiger partial charge in [0, 0.05) is 6.04 Å². The minimum atomic E-state index is 0.453. The third-order valence-corrected chi connectivity index (χ3v) is 3.92. The Hall–Kier alpha value is -1.22. The van der Waals surface area contributed by atoms with Crippen molar-refractivity contribution in [2.75, 3.05) is 20.8 Å². The predicted octanol–water partition coefficient (Wildman–Crippen LogP) is 3.52. The molecular formula is C17H29NO2. The summed E-state index contributed by atoms with van der Waals surface area (Å²) >= 11 is 0. The Labute approximate surface area is 123 Å².